The first-order valence-corrected chi connectivity index (χ1v) is 13.7. The summed E-state index contributed by atoms with van der Waals surface area (Å²) in [5.74, 6) is -4.56. The Morgan fingerprint density at radius 2 is 1.73 bits per heavy atom. The van der Waals surface area contributed by atoms with Crippen LogP contribution in [0.4, 0.5) is 4.39 Å². The van der Waals surface area contributed by atoms with Crippen LogP contribution in [0.5, 0.6) is 0 Å². The number of aromatic nitrogens is 1. The lowest BCUT2D eigenvalue weighted by Gasteiger charge is -2.26. The normalized spacial score (nSPS) is 18.7. The molecule has 1 aromatic carbocycles. The monoisotopic (exact) mass is 551 g/mol. The van der Waals surface area contributed by atoms with Crippen molar-refractivity contribution in [3.05, 3.63) is 65.7 Å². The zero-order valence-corrected chi connectivity index (χ0v) is 22.2. The second-order valence-electron chi connectivity index (χ2n) is 10.4. The Morgan fingerprint density at radius 1 is 0.975 bits per heavy atom. The van der Waals surface area contributed by atoms with Crippen LogP contribution < -0.4 is 21.3 Å². The molecule has 3 atom stereocenters. The number of carbonyl (C=O) groups excluding carboxylic acids is 5. The van der Waals surface area contributed by atoms with Gasteiger partial charge in [0.25, 0.3) is 11.8 Å². The summed E-state index contributed by atoms with van der Waals surface area (Å²) in [4.78, 5) is 68.7. The minimum Gasteiger partial charge on any atom is -0.356 e. The molecule has 1 aromatic heterocycles. The topological polar surface area (TPSA) is 146 Å². The van der Waals surface area contributed by atoms with E-state index in [2.05, 4.69) is 26.3 Å². The van der Waals surface area contributed by atoms with Crippen LogP contribution in [0.25, 0.3) is 0 Å². The van der Waals surface area contributed by atoms with Gasteiger partial charge in [0.05, 0.1) is 17.8 Å². The molecule has 2 aliphatic rings. The lowest BCUT2D eigenvalue weighted by Crippen LogP contribution is -2.55. The molecule has 1 aliphatic carbocycles. The summed E-state index contributed by atoms with van der Waals surface area (Å²) in [7, 11) is 0. The molecule has 2 aromatic rings. The summed E-state index contributed by atoms with van der Waals surface area (Å²) in [5, 5.41) is 10.7. The molecule has 0 spiro atoms. The van der Waals surface area contributed by atoms with Crippen LogP contribution in [0.1, 0.15) is 60.9 Å². The Hall–Kier alpha value is -4.15. The molecule has 11 heteroatoms. The maximum absolute atomic E-state index is 13.7. The number of rotatable bonds is 11. The number of hydrogen-bond donors (Lipinski definition) is 4. The summed E-state index contributed by atoms with van der Waals surface area (Å²) in [6.45, 7) is 0.445. The number of ketones is 1. The predicted octanol–water partition coefficient (Wildman–Crippen LogP) is 1.59. The Bertz CT molecular complexity index is 1230. The number of benzene rings is 1. The summed E-state index contributed by atoms with van der Waals surface area (Å²) >= 11 is 0. The van der Waals surface area contributed by atoms with Crippen LogP contribution in [0.3, 0.4) is 0 Å². The third-order valence-electron chi connectivity index (χ3n) is 7.35. The molecule has 0 radical (unpaired) electrons. The van der Waals surface area contributed by atoms with E-state index in [0.717, 1.165) is 49.9 Å². The molecule has 4 amide bonds. The van der Waals surface area contributed by atoms with Gasteiger partial charge in [-0.3, -0.25) is 29.0 Å². The number of Topliss-reactive ketones (excluding diaryl/α,β-unsaturated/α-hetero) is 1. The first kappa shape index (κ1) is 28.8. The molecule has 1 aliphatic heterocycles. The molecule has 4 N–H and O–H groups in total. The largest absolute Gasteiger partial charge is 0.356 e. The van der Waals surface area contributed by atoms with E-state index in [-0.39, 0.29) is 30.4 Å². The van der Waals surface area contributed by atoms with Gasteiger partial charge in [-0.15, -0.1) is 0 Å². The van der Waals surface area contributed by atoms with Crippen molar-refractivity contribution in [3.63, 3.8) is 0 Å². The molecular weight excluding hydrogens is 517 g/mol. The standard InChI is InChI=1S/C29H34FN5O5/c30-21-14-20(16-31-17-21)27(38)35-24(13-18-7-3-1-4-8-18)28(39)34-23(15-19-11-12-32-26(19)37)25(36)29(40)33-22-9-5-2-6-10-22/h1,3-4,7-8,14,16-17,19,22-24H,2,5-6,9-13,15H2,(H,32,37)(H,33,40)(H,34,39)(H,35,38)/t19-,23-,24-/m0/s1. The van der Waals surface area contributed by atoms with Crippen LogP contribution in [0, 0.1) is 11.7 Å². The van der Waals surface area contributed by atoms with Gasteiger partial charge < -0.3 is 21.3 Å². The van der Waals surface area contributed by atoms with E-state index in [4.69, 9.17) is 0 Å². The van der Waals surface area contributed by atoms with E-state index in [1.807, 2.05) is 6.07 Å². The molecular formula is C29H34FN5O5. The van der Waals surface area contributed by atoms with Gasteiger partial charge >= 0.3 is 0 Å². The summed E-state index contributed by atoms with van der Waals surface area (Å²) in [6, 6.07) is 7.39. The van der Waals surface area contributed by atoms with Gasteiger partial charge in [0, 0.05) is 31.1 Å². The number of hydrogen-bond acceptors (Lipinski definition) is 6. The second-order valence-corrected chi connectivity index (χ2v) is 10.4. The van der Waals surface area contributed by atoms with Gasteiger partial charge in [-0.25, -0.2) is 4.39 Å². The quantitative estimate of drug-likeness (QED) is 0.312. The lowest BCUT2D eigenvalue weighted by molar-refractivity contribution is -0.141. The maximum atomic E-state index is 13.7. The number of pyridine rings is 1. The number of amides is 4. The van der Waals surface area contributed by atoms with Crippen molar-refractivity contribution < 1.29 is 28.4 Å². The van der Waals surface area contributed by atoms with Gasteiger partial charge in [0.15, 0.2) is 0 Å². The van der Waals surface area contributed by atoms with Crippen LogP contribution in [0.15, 0.2) is 48.8 Å². The van der Waals surface area contributed by atoms with Crippen molar-refractivity contribution in [1.29, 1.82) is 0 Å². The number of carbonyl (C=O) groups is 5. The molecule has 212 valence electrons. The number of halogens is 1. The summed E-state index contributed by atoms with van der Waals surface area (Å²) in [6.07, 6.45) is 7.19. The average Bonchev–Trinajstić information content (AvgIpc) is 3.36. The van der Waals surface area contributed by atoms with Gasteiger partial charge in [-0.05, 0) is 37.3 Å². The van der Waals surface area contributed by atoms with E-state index < -0.39 is 47.3 Å². The summed E-state index contributed by atoms with van der Waals surface area (Å²) < 4.78 is 13.7. The van der Waals surface area contributed by atoms with E-state index in [1.165, 1.54) is 6.20 Å². The Balaban J connectivity index is 1.52. The molecule has 40 heavy (non-hydrogen) atoms. The molecule has 2 fully saturated rings. The highest BCUT2D eigenvalue weighted by atomic mass is 19.1. The molecule has 0 unspecified atom stereocenters. The molecule has 1 saturated carbocycles. The number of nitrogens with zero attached hydrogens (tertiary/aromatic N) is 1. The molecule has 1 saturated heterocycles. The van der Waals surface area contributed by atoms with E-state index in [0.29, 0.717) is 13.0 Å². The fourth-order valence-electron chi connectivity index (χ4n) is 5.16. The Labute approximate surface area is 231 Å². The average molecular weight is 552 g/mol. The van der Waals surface area contributed by atoms with Crippen molar-refractivity contribution in [2.45, 2.75) is 69.5 Å². The molecule has 2 heterocycles. The number of nitrogens with one attached hydrogen (secondary N) is 4. The van der Waals surface area contributed by atoms with Crippen molar-refractivity contribution in [3.8, 4) is 0 Å². The SMILES string of the molecule is O=C(NC1CCCCC1)C(=O)[C@H](C[C@@H]1CCNC1=O)NC(=O)[C@H](Cc1ccccc1)NC(=O)c1cncc(F)c1. The fraction of sp³-hybridized carbons (Fsp3) is 0.448. The Kier molecular flexibility index (Phi) is 9.93. The molecule has 4 rings (SSSR count). The fourth-order valence-corrected chi connectivity index (χ4v) is 5.16. The molecule has 0 bridgehead atoms. The highest BCUT2D eigenvalue weighted by molar-refractivity contribution is 6.38. The van der Waals surface area contributed by atoms with Gasteiger partial charge in [0.1, 0.15) is 11.9 Å². The van der Waals surface area contributed by atoms with Crippen LogP contribution in [0.2, 0.25) is 0 Å². The minimum absolute atomic E-state index is 0.0473. The summed E-state index contributed by atoms with van der Waals surface area (Å²) in [5.41, 5.74) is 0.654. The van der Waals surface area contributed by atoms with Gasteiger partial charge in [-0.1, -0.05) is 49.6 Å². The van der Waals surface area contributed by atoms with Crippen molar-refractivity contribution in [2.24, 2.45) is 5.92 Å². The van der Waals surface area contributed by atoms with Crippen molar-refractivity contribution in [1.82, 2.24) is 26.3 Å². The highest BCUT2D eigenvalue weighted by Crippen LogP contribution is 2.19. The van der Waals surface area contributed by atoms with Crippen molar-refractivity contribution >= 4 is 29.4 Å². The van der Waals surface area contributed by atoms with Crippen LogP contribution in [-0.4, -0.2) is 59.1 Å². The Morgan fingerprint density at radius 3 is 2.40 bits per heavy atom. The lowest BCUT2D eigenvalue weighted by atomic mass is 9.93. The smallest absolute Gasteiger partial charge is 0.289 e. The van der Waals surface area contributed by atoms with E-state index in [9.17, 15) is 28.4 Å². The van der Waals surface area contributed by atoms with Gasteiger partial charge in [-0.2, -0.15) is 0 Å². The van der Waals surface area contributed by atoms with E-state index >= 15 is 0 Å². The van der Waals surface area contributed by atoms with E-state index in [1.54, 1.807) is 24.3 Å². The zero-order chi connectivity index (χ0) is 28.5. The van der Waals surface area contributed by atoms with Gasteiger partial charge in [0.2, 0.25) is 17.6 Å². The molecule has 10 nitrogen and oxygen atoms in total. The van der Waals surface area contributed by atoms with Crippen LogP contribution >= 0.6 is 0 Å². The highest BCUT2D eigenvalue weighted by Gasteiger charge is 2.36. The third-order valence-corrected chi connectivity index (χ3v) is 7.35. The van der Waals surface area contributed by atoms with Crippen molar-refractivity contribution in [2.75, 3.05) is 6.54 Å². The zero-order valence-electron chi connectivity index (χ0n) is 22.2. The van der Waals surface area contributed by atoms with Crippen LogP contribution in [-0.2, 0) is 25.6 Å². The first-order chi connectivity index (χ1) is 19.3. The second kappa shape index (κ2) is 13.8. The predicted molar refractivity (Wildman–Crippen MR) is 143 cm³/mol. The maximum Gasteiger partial charge on any atom is 0.289 e. The minimum atomic E-state index is -1.27. The first-order valence-electron chi connectivity index (χ1n) is 13.7. The third kappa shape index (κ3) is 7.93.